The summed E-state index contributed by atoms with van der Waals surface area (Å²) in [6.07, 6.45) is 6.69. The summed E-state index contributed by atoms with van der Waals surface area (Å²) in [5.74, 6) is 0.648. The summed E-state index contributed by atoms with van der Waals surface area (Å²) in [5, 5.41) is 12.3. The zero-order valence-corrected chi connectivity index (χ0v) is 10.2. The third-order valence-corrected chi connectivity index (χ3v) is 3.52. The molecule has 1 aliphatic rings. The highest BCUT2D eigenvalue weighted by Gasteiger charge is 2.28. The van der Waals surface area contributed by atoms with Gasteiger partial charge in [0.1, 0.15) is 11.9 Å². The van der Waals surface area contributed by atoms with Crippen molar-refractivity contribution < 1.29 is 0 Å². The summed E-state index contributed by atoms with van der Waals surface area (Å²) in [6.45, 7) is 3.16. The molecule has 0 aromatic carbocycles. The molecule has 4 nitrogen and oxygen atoms in total. The maximum absolute atomic E-state index is 9.01. The van der Waals surface area contributed by atoms with E-state index in [1.165, 1.54) is 25.7 Å². The van der Waals surface area contributed by atoms with E-state index in [1.807, 2.05) is 0 Å². The van der Waals surface area contributed by atoms with Gasteiger partial charge in [0.25, 0.3) is 0 Å². The molecule has 0 unspecified atom stereocenters. The predicted octanol–water partition coefficient (Wildman–Crippen LogP) is 2.53. The number of pyridine rings is 1. The first kappa shape index (κ1) is 11.7. The van der Waals surface area contributed by atoms with Crippen LogP contribution in [0.2, 0.25) is 0 Å². The molecular formula is C13H18N4. The lowest BCUT2D eigenvalue weighted by Gasteiger charge is -2.24. The quantitative estimate of drug-likeness (QED) is 0.836. The second-order valence-corrected chi connectivity index (χ2v) is 5.15. The van der Waals surface area contributed by atoms with Crippen LogP contribution in [0.25, 0.3) is 0 Å². The van der Waals surface area contributed by atoms with Crippen LogP contribution in [0.5, 0.6) is 0 Å². The van der Waals surface area contributed by atoms with Gasteiger partial charge in [0.15, 0.2) is 0 Å². The van der Waals surface area contributed by atoms with Crippen molar-refractivity contribution in [2.75, 3.05) is 17.6 Å². The van der Waals surface area contributed by atoms with Gasteiger partial charge in [0.05, 0.1) is 17.4 Å². The Morgan fingerprint density at radius 1 is 1.53 bits per heavy atom. The van der Waals surface area contributed by atoms with Crippen LogP contribution in [0.15, 0.2) is 12.3 Å². The van der Waals surface area contributed by atoms with E-state index in [1.54, 1.807) is 12.3 Å². The van der Waals surface area contributed by atoms with E-state index in [4.69, 9.17) is 11.0 Å². The summed E-state index contributed by atoms with van der Waals surface area (Å²) in [5.41, 5.74) is 7.00. The number of nitrogens with zero attached hydrogens (tertiary/aromatic N) is 2. The summed E-state index contributed by atoms with van der Waals surface area (Å²) in [6, 6.07) is 3.78. The number of nitrogens with two attached hydrogens (primary N) is 1. The molecule has 1 heterocycles. The normalized spacial score (nSPS) is 17.6. The number of aromatic nitrogens is 1. The van der Waals surface area contributed by atoms with Crippen LogP contribution in [0.4, 0.5) is 11.5 Å². The number of nitrogen functional groups attached to an aromatic ring is 1. The summed E-state index contributed by atoms with van der Waals surface area (Å²) >= 11 is 0. The third kappa shape index (κ3) is 2.68. The Hall–Kier alpha value is -1.76. The van der Waals surface area contributed by atoms with Crippen LogP contribution in [-0.4, -0.2) is 11.5 Å². The van der Waals surface area contributed by atoms with Crippen molar-refractivity contribution in [2.45, 2.75) is 32.6 Å². The standard InChI is InChI=1S/C13H18N4/c1-13(4-2-3-5-13)9-17-12-10(7-14)6-11(15)8-16-12/h6,8H,2-5,9,15H2,1H3,(H,16,17). The summed E-state index contributed by atoms with van der Waals surface area (Å²) in [4.78, 5) is 4.18. The molecule has 1 aromatic heterocycles. The lowest BCUT2D eigenvalue weighted by atomic mass is 9.89. The minimum Gasteiger partial charge on any atom is -0.397 e. The van der Waals surface area contributed by atoms with Crippen molar-refractivity contribution in [3.05, 3.63) is 17.8 Å². The lowest BCUT2D eigenvalue weighted by Crippen LogP contribution is -2.23. The predicted molar refractivity (Wildman–Crippen MR) is 68.4 cm³/mol. The van der Waals surface area contributed by atoms with Crippen LogP contribution >= 0.6 is 0 Å². The van der Waals surface area contributed by atoms with E-state index < -0.39 is 0 Å². The van der Waals surface area contributed by atoms with Gasteiger partial charge < -0.3 is 11.1 Å². The van der Waals surface area contributed by atoms with E-state index in [0.717, 1.165) is 6.54 Å². The molecule has 1 saturated carbocycles. The van der Waals surface area contributed by atoms with Crippen molar-refractivity contribution in [1.82, 2.24) is 4.98 Å². The molecule has 0 spiro atoms. The Morgan fingerprint density at radius 2 is 2.24 bits per heavy atom. The number of nitriles is 1. The zero-order chi connectivity index (χ0) is 12.3. The molecule has 0 saturated heterocycles. The summed E-state index contributed by atoms with van der Waals surface area (Å²) in [7, 11) is 0. The molecule has 90 valence electrons. The number of rotatable bonds is 3. The van der Waals surface area contributed by atoms with Gasteiger partial charge in [-0.2, -0.15) is 5.26 Å². The molecule has 0 atom stereocenters. The fourth-order valence-electron chi connectivity index (χ4n) is 2.41. The van der Waals surface area contributed by atoms with E-state index in [0.29, 0.717) is 22.5 Å². The van der Waals surface area contributed by atoms with Crippen molar-refractivity contribution in [3.63, 3.8) is 0 Å². The maximum Gasteiger partial charge on any atom is 0.144 e. The van der Waals surface area contributed by atoms with Gasteiger partial charge in [-0.05, 0) is 24.3 Å². The molecule has 1 aromatic rings. The molecule has 1 aliphatic carbocycles. The molecule has 3 N–H and O–H groups in total. The molecule has 0 radical (unpaired) electrons. The van der Waals surface area contributed by atoms with Crippen molar-refractivity contribution in [1.29, 1.82) is 5.26 Å². The Labute approximate surface area is 102 Å². The van der Waals surface area contributed by atoms with E-state index in [9.17, 15) is 0 Å². The first-order valence-corrected chi connectivity index (χ1v) is 6.02. The van der Waals surface area contributed by atoms with Gasteiger partial charge in [-0.15, -0.1) is 0 Å². The molecule has 0 bridgehead atoms. The second kappa shape index (κ2) is 4.62. The Balaban J connectivity index is 2.06. The molecular weight excluding hydrogens is 212 g/mol. The van der Waals surface area contributed by atoms with Crippen molar-refractivity contribution in [2.24, 2.45) is 5.41 Å². The maximum atomic E-state index is 9.01. The van der Waals surface area contributed by atoms with Gasteiger partial charge in [-0.3, -0.25) is 0 Å². The second-order valence-electron chi connectivity index (χ2n) is 5.15. The largest absolute Gasteiger partial charge is 0.397 e. The average Bonchev–Trinajstić information content (AvgIpc) is 2.75. The van der Waals surface area contributed by atoms with Crippen LogP contribution in [0.1, 0.15) is 38.2 Å². The van der Waals surface area contributed by atoms with Crippen molar-refractivity contribution in [3.8, 4) is 6.07 Å². The van der Waals surface area contributed by atoms with Gasteiger partial charge in [-0.1, -0.05) is 19.8 Å². The zero-order valence-electron chi connectivity index (χ0n) is 10.2. The minimum absolute atomic E-state index is 0.343. The smallest absolute Gasteiger partial charge is 0.144 e. The van der Waals surface area contributed by atoms with Gasteiger partial charge in [0.2, 0.25) is 0 Å². The molecule has 1 fully saturated rings. The third-order valence-electron chi connectivity index (χ3n) is 3.52. The molecule has 2 rings (SSSR count). The molecule has 0 amide bonds. The summed E-state index contributed by atoms with van der Waals surface area (Å²) < 4.78 is 0. The number of anilines is 2. The Kier molecular flexibility index (Phi) is 3.19. The monoisotopic (exact) mass is 230 g/mol. The fourth-order valence-corrected chi connectivity index (χ4v) is 2.41. The van der Waals surface area contributed by atoms with E-state index in [-0.39, 0.29) is 0 Å². The first-order chi connectivity index (χ1) is 8.13. The number of nitrogens with one attached hydrogen (secondary N) is 1. The highest BCUT2D eigenvalue weighted by atomic mass is 15.0. The Morgan fingerprint density at radius 3 is 2.88 bits per heavy atom. The first-order valence-electron chi connectivity index (χ1n) is 6.02. The van der Waals surface area contributed by atoms with E-state index >= 15 is 0 Å². The SMILES string of the molecule is CC1(CNc2ncc(N)cc2C#N)CCCC1. The molecule has 4 heteroatoms. The highest BCUT2D eigenvalue weighted by molar-refractivity contribution is 5.57. The van der Waals surface area contributed by atoms with Crippen LogP contribution in [-0.2, 0) is 0 Å². The van der Waals surface area contributed by atoms with E-state index in [2.05, 4.69) is 23.3 Å². The van der Waals surface area contributed by atoms with Crippen LogP contribution in [0, 0.1) is 16.7 Å². The van der Waals surface area contributed by atoms with Crippen LogP contribution < -0.4 is 11.1 Å². The topological polar surface area (TPSA) is 74.7 Å². The lowest BCUT2D eigenvalue weighted by molar-refractivity contribution is 0.361. The van der Waals surface area contributed by atoms with Gasteiger partial charge in [-0.25, -0.2) is 4.98 Å². The number of hydrogen-bond acceptors (Lipinski definition) is 4. The minimum atomic E-state index is 0.343. The van der Waals surface area contributed by atoms with Crippen molar-refractivity contribution >= 4 is 11.5 Å². The average molecular weight is 230 g/mol. The van der Waals surface area contributed by atoms with Crippen LogP contribution in [0.3, 0.4) is 0 Å². The Bertz CT molecular complexity index is 441. The molecule has 0 aliphatic heterocycles. The number of hydrogen-bond donors (Lipinski definition) is 2. The van der Waals surface area contributed by atoms with Gasteiger partial charge in [0, 0.05) is 6.54 Å². The molecule has 17 heavy (non-hydrogen) atoms. The highest BCUT2D eigenvalue weighted by Crippen LogP contribution is 2.37. The fraction of sp³-hybridized carbons (Fsp3) is 0.538. The van der Waals surface area contributed by atoms with Gasteiger partial charge >= 0.3 is 0 Å².